The highest BCUT2D eigenvalue weighted by Gasteiger charge is 2.22. The Morgan fingerprint density at radius 3 is 2.17 bits per heavy atom. The summed E-state index contributed by atoms with van der Waals surface area (Å²) in [6.07, 6.45) is 0. The van der Waals surface area contributed by atoms with E-state index in [0.717, 1.165) is 5.75 Å². The fourth-order valence-corrected chi connectivity index (χ4v) is 2.44. The number of hydrogen-bond donors (Lipinski definition) is 3. The van der Waals surface area contributed by atoms with Crippen molar-refractivity contribution in [3.63, 3.8) is 0 Å². The Balaban J connectivity index is 2.44. The molecule has 0 heterocycles. The topological polar surface area (TPSA) is 78.1 Å². The molecule has 0 aromatic heterocycles. The van der Waals surface area contributed by atoms with E-state index < -0.39 is 6.92 Å². The molecule has 1 aromatic rings. The summed E-state index contributed by atoms with van der Waals surface area (Å²) in [6, 6.07) is 10.0. The van der Waals surface area contributed by atoms with Crippen molar-refractivity contribution in [1.29, 1.82) is 0 Å². The van der Waals surface area contributed by atoms with Crippen molar-refractivity contribution in [2.75, 3.05) is 0 Å². The maximum absolute atomic E-state index is 5.51. The van der Waals surface area contributed by atoms with Crippen LogP contribution in [0, 0.1) is 0 Å². The second-order valence-electron chi connectivity index (χ2n) is 2.52. The molecule has 0 aliphatic carbocycles. The Morgan fingerprint density at radius 1 is 1.08 bits per heavy atom. The molecule has 1 aromatic carbocycles. The number of nitrogens with two attached hydrogens (primary N) is 3. The molecular formula is C7H13N3PS+. The molecule has 0 aliphatic rings. The van der Waals surface area contributed by atoms with Crippen LogP contribution in [0.1, 0.15) is 5.56 Å². The van der Waals surface area contributed by atoms with Gasteiger partial charge in [-0.25, -0.2) is 0 Å². The quantitative estimate of drug-likeness (QED) is 0.648. The summed E-state index contributed by atoms with van der Waals surface area (Å²) >= 11 is 1.43. The first kappa shape index (κ1) is 9.96. The predicted molar refractivity (Wildman–Crippen MR) is 57.2 cm³/mol. The zero-order valence-corrected chi connectivity index (χ0v) is 8.39. The maximum Gasteiger partial charge on any atom is 0.275 e. The monoisotopic (exact) mass is 202 g/mol. The molecule has 6 N–H and O–H groups in total. The van der Waals surface area contributed by atoms with E-state index in [4.69, 9.17) is 16.5 Å². The highest BCUT2D eigenvalue weighted by molar-refractivity contribution is 8.59. The first-order chi connectivity index (χ1) is 5.58. The van der Waals surface area contributed by atoms with E-state index >= 15 is 0 Å². The third-order valence-corrected chi connectivity index (χ3v) is 3.94. The van der Waals surface area contributed by atoms with Crippen LogP contribution in [-0.2, 0) is 5.75 Å². The molecule has 3 nitrogen and oxygen atoms in total. The van der Waals surface area contributed by atoms with E-state index in [9.17, 15) is 0 Å². The fraction of sp³-hybridized carbons (Fsp3) is 0.143. The largest absolute Gasteiger partial charge is 0.275 e. The van der Waals surface area contributed by atoms with Gasteiger partial charge in [0.15, 0.2) is 0 Å². The zero-order valence-electron chi connectivity index (χ0n) is 6.68. The highest BCUT2D eigenvalue weighted by Crippen LogP contribution is 2.48. The molecule has 12 heavy (non-hydrogen) atoms. The van der Waals surface area contributed by atoms with Crippen molar-refractivity contribution in [1.82, 2.24) is 0 Å². The van der Waals surface area contributed by atoms with Gasteiger partial charge in [-0.1, -0.05) is 30.3 Å². The van der Waals surface area contributed by atoms with Gasteiger partial charge in [0, 0.05) is 0 Å². The van der Waals surface area contributed by atoms with E-state index in [1.165, 1.54) is 16.9 Å². The molecule has 5 heteroatoms. The summed E-state index contributed by atoms with van der Waals surface area (Å²) in [7, 11) is 0. The summed E-state index contributed by atoms with van der Waals surface area (Å²) in [5.41, 5.74) is 17.7. The lowest BCUT2D eigenvalue weighted by Crippen LogP contribution is -2.18. The molecule has 0 amide bonds. The van der Waals surface area contributed by atoms with Gasteiger partial charge in [0.25, 0.3) is 6.92 Å². The Labute approximate surface area is 76.9 Å². The lowest BCUT2D eigenvalue weighted by atomic mass is 10.2. The van der Waals surface area contributed by atoms with Gasteiger partial charge in [-0.05, 0) is 5.56 Å². The number of rotatable bonds is 3. The Kier molecular flexibility index (Phi) is 3.50. The maximum atomic E-state index is 5.51. The molecule has 0 saturated carbocycles. The van der Waals surface area contributed by atoms with Crippen molar-refractivity contribution in [2.45, 2.75) is 5.75 Å². The molecule has 0 atom stereocenters. The Bertz CT molecular complexity index is 234. The molecule has 1 rings (SSSR count). The third-order valence-electron chi connectivity index (χ3n) is 1.30. The summed E-state index contributed by atoms with van der Waals surface area (Å²) in [6.45, 7) is -2.16. The molecule has 0 unspecified atom stereocenters. The molecule has 0 aliphatic heterocycles. The van der Waals surface area contributed by atoms with Crippen molar-refractivity contribution < 1.29 is 0 Å². The second-order valence-corrected chi connectivity index (χ2v) is 7.27. The van der Waals surface area contributed by atoms with Gasteiger partial charge in [-0.3, -0.25) is 0 Å². The number of hydrogen-bond acceptors (Lipinski definition) is 4. The van der Waals surface area contributed by atoms with Gasteiger partial charge in [-0.2, -0.15) is 16.5 Å². The van der Waals surface area contributed by atoms with Crippen LogP contribution in [0.3, 0.4) is 0 Å². The average molecular weight is 202 g/mol. The highest BCUT2D eigenvalue weighted by atomic mass is 32.7. The summed E-state index contributed by atoms with van der Waals surface area (Å²) in [5.74, 6) is 0.790. The van der Waals surface area contributed by atoms with Crippen molar-refractivity contribution in [3.8, 4) is 0 Å². The van der Waals surface area contributed by atoms with Crippen LogP contribution < -0.4 is 16.5 Å². The van der Waals surface area contributed by atoms with Crippen LogP contribution in [-0.4, -0.2) is 0 Å². The van der Waals surface area contributed by atoms with E-state index in [1.54, 1.807) is 0 Å². The summed E-state index contributed by atoms with van der Waals surface area (Å²) in [5, 5.41) is 0. The van der Waals surface area contributed by atoms with Gasteiger partial charge >= 0.3 is 0 Å². The molecule has 0 saturated heterocycles. The van der Waals surface area contributed by atoms with Crippen molar-refractivity contribution >= 4 is 18.3 Å². The van der Waals surface area contributed by atoms with Crippen LogP contribution in [0.2, 0.25) is 0 Å². The van der Waals surface area contributed by atoms with Gasteiger partial charge in [-0.15, -0.1) is 0 Å². The predicted octanol–water partition coefficient (Wildman–Crippen LogP) is 1.47. The van der Waals surface area contributed by atoms with E-state index in [2.05, 4.69) is 0 Å². The van der Waals surface area contributed by atoms with E-state index in [1.807, 2.05) is 30.3 Å². The third kappa shape index (κ3) is 4.04. The summed E-state index contributed by atoms with van der Waals surface area (Å²) < 4.78 is 0. The minimum atomic E-state index is -2.16. The smallest absolute Gasteiger partial charge is 0.165 e. The van der Waals surface area contributed by atoms with Gasteiger partial charge < -0.3 is 0 Å². The first-order valence-corrected chi connectivity index (χ1v) is 7.10. The zero-order chi connectivity index (χ0) is 9.03. The molecule has 0 fully saturated rings. The van der Waals surface area contributed by atoms with Crippen LogP contribution >= 0.6 is 18.3 Å². The lowest BCUT2D eigenvalue weighted by Gasteiger charge is -2.06. The Hall–Kier alpha value is -0.120. The second kappa shape index (κ2) is 4.21. The molecule has 66 valence electrons. The van der Waals surface area contributed by atoms with E-state index in [0.29, 0.717) is 0 Å². The summed E-state index contributed by atoms with van der Waals surface area (Å²) in [4.78, 5) is 0. The van der Waals surface area contributed by atoms with Crippen LogP contribution in [0.25, 0.3) is 0 Å². The normalized spacial score (nSPS) is 11.6. The van der Waals surface area contributed by atoms with Crippen molar-refractivity contribution in [3.05, 3.63) is 35.9 Å². The average Bonchev–Trinajstić information content (AvgIpc) is 2.02. The van der Waals surface area contributed by atoms with E-state index in [-0.39, 0.29) is 0 Å². The molecule has 0 radical (unpaired) electrons. The van der Waals surface area contributed by atoms with Gasteiger partial charge in [0.05, 0.1) is 17.1 Å². The number of benzene rings is 1. The molecule has 0 bridgehead atoms. The minimum Gasteiger partial charge on any atom is -0.165 e. The Morgan fingerprint density at radius 2 is 1.67 bits per heavy atom. The van der Waals surface area contributed by atoms with Crippen LogP contribution in [0.15, 0.2) is 30.3 Å². The van der Waals surface area contributed by atoms with Gasteiger partial charge in [0.1, 0.15) is 0 Å². The molecular weight excluding hydrogens is 189 g/mol. The first-order valence-electron chi connectivity index (χ1n) is 3.51. The van der Waals surface area contributed by atoms with Gasteiger partial charge in [0.2, 0.25) is 0 Å². The SMILES string of the molecule is N[P+](N)(N)SCc1ccccc1. The van der Waals surface area contributed by atoms with Crippen molar-refractivity contribution in [2.24, 2.45) is 16.5 Å². The minimum absolute atomic E-state index is 0.790. The van der Waals surface area contributed by atoms with Crippen LogP contribution in [0.4, 0.5) is 0 Å². The van der Waals surface area contributed by atoms with Crippen LogP contribution in [0.5, 0.6) is 0 Å². The standard InChI is InChI=1S/C7H13N3PS/c8-11(9,10)12-6-7-4-2-1-3-5-7/h1-5H,6,8-10H2/q+1. The fourth-order valence-electron chi connectivity index (χ4n) is 0.761. The molecule has 0 spiro atoms. The lowest BCUT2D eigenvalue weighted by molar-refractivity contribution is 1.42.